The summed E-state index contributed by atoms with van der Waals surface area (Å²) in [6.07, 6.45) is 11.5. The van der Waals surface area contributed by atoms with Gasteiger partial charge in [0.05, 0.1) is 12.8 Å². The minimum Gasteiger partial charge on any atom is -0.306 e. The van der Waals surface area contributed by atoms with E-state index < -0.39 is 0 Å². The van der Waals surface area contributed by atoms with E-state index in [-0.39, 0.29) is 0 Å². The number of allylic oxidation sites excluding steroid dienone is 4. The molecule has 2 aliphatic rings. The molecule has 0 bridgehead atoms. The molecular formula is C13H22N2. The van der Waals surface area contributed by atoms with Gasteiger partial charge in [-0.1, -0.05) is 52.0 Å². The normalized spacial score (nSPS) is 16.3. The van der Waals surface area contributed by atoms with E-state index in [1.165, 1.54) is 11.1 Å². The average Bonchev–Trinajstić information content (AvgIpc) is 2.59. The first-order valence-electron chi connectivity index (χ1n) is 5.79. The van der Waals surface area contributed by atoms with Gasteiger partial charge in [-0.25, -0.2) is 0 Å². The van der Waals surface area contributed by atoms with Crippen molar-refractivity contribution in [1.29, 1.82) is 0 Å². The molecule has 1 N–H and O–H groups in total. The number of fused-ring (bicyclic) bond motifs is 1. The van der Waals surface area contributed by atoms with Gasteiger partial charge in [0.25, 0.3) is 0 Å². The van der Waals surface area contributed by atoms with Gasteiger partial charge in [-0.15, -0.1) is 0 Å². The Morgan fingerprint density at radius 3 is 2.67 bits per heavy atom. The van der Waals surface area contributed by atoms with E-state index >= 15 is 0 Å². The number of hydrazone groups is 1. The Bertz CT molecular complexity index is 270. The molecule has 0 amide bonds. The van der Waals surface area contributed by atoms with Crippen LogP contribution >= 0.6 is 0 Å². The maximum absolute atomic E-state index is 3.99. The van der Waals surface area contributed by atoms with Gasteiger partial charge in [0.2, 0.25) is 0 Å². The quantitative estimate of drug-likeness (QED) is 0.645. The lowest BCUT2D eigenvalue weighted by Gasteiger charge is -2.11. The molecule has 0 atom stereocenters. The van der Waals surface area contributed by atoms with Crippen LogP contribution in [-0.4, -0.2) is 12.8 Å². The standard InChI is InChI=1S/C9H10N2.2C2H6/c1-2-4-8-6-10-11-7-9(8)5-3-1;2*1-2/h1-2,4-6,11H,3,7H2;2*1-2H3. The lowest BCUT2D eigenvalue weighted by Crippen LogP contribution is -2.17. The summed E-state index contributed by atoms with van der Waals surface area (Å²) in [5.74, 6) is 0. The monoisotopic (exact) mass is 206 g/mol. The Kier molecular flexibility index (Phi) is 8.44. The zero-order valence-corrected chi connectivity index (χ0v) is 10.2. The second-order valence-electron chi connectivity index (χ2n) is 2.61. The summed E-state index contributed by atoms with van der Waals surface area (Å²) in [7, 11) is 0. The molecule has 0 aromatic carbocycles. The van der Waals surface area contributed by atoms with Crippen LogP contribution in [0.15, 0.2) is 40.6 Å². The average molecular weight is 206 g/mol. The van der Waals surface area contributed by atoms with Crippen molar-refractivity contribution in [2.75, 3.05) is 6.54 Å². The second-order valence-corrected chi connectivity index (χ2v) is 2.61. The zero-order chi connectivity index (χ0) is 11.5. The Labute approximate surface area is 93.5 Å². The molecule has 2 heteroatoms. The number of hydrogen-bond donors (Lipinski definition) is 1. The molecule has 2 nitrogen and oxygen atoms in total. The van der Waals surface area contributed by atoms with Crippen molar-refractivity contribution < 1.29 is 0 Å². The highest BCUT2D eigenvalue weighted by atomic mass is 15.3. The largest absolute Gasteiger partial charge is 0.306 e. The fourth-order valence-corrected chi connectivity index (χ4v) is 1.23. The smallest absolute Gasteiger partial charge is 0.0583 e. The van der Waals surface area contributed by atoms with Crippen LogP contribution in [0, 0.1) is 0 Å². The van der Waals surface area contributed by atoms with Crippen molar-refractivity contribution in [2.24, 2.45) is 5.10 Å². The van der Waals surface area contributed by atoms with Crippen LogP contribution in [0.2, 0.25) is 0 Å². The summed E-state index contributed by atoms with van der Waals surface area (Å²) >= 11 is 0. The van der Waals surface area contributed by atoms with Crippen molar-refractivity contribution in [3.05, 3.63) is 35.5 Å². The molecule has 0 aromatic rings. The van der Waals surface area contributed by atoms with Crippen LogP contribution in [0.5, 0.6) is 0 Å². The SMILES string of the molecule is C1=CCC=C2CNN=CC2=C1.CC.CC. The summed E-state index contributed by atoms with van der Waals surface area (Å²) in [5, 5.41) is 3.99. The van der Waals surface area contributed by atoms with Crippen molar-refractivity contribution in [1.82, 2.24) is 5.43 Å². The third kappa shape index (κ3) is 4.63. The summed E-state index contributed by atoms with van der Waals surface area (Å²) in [5.41, 5.74) is 5.53. The predicted molar refractivity (Wildman–Crippen MR) is 69.1 cm³/mol. The van der Waals surface area contributed by atoms with E-state index in [2.05, 4.69) is 34.8 Å². The van der Waals surface area contributed by atoms with Crippen LogP contribution in [-0.2, 0) is 0 Å². The highest BCUT2D eigenvalue weighted by molar-refractivity contribution is 5.86. The summed E-state index contributed by atoms with van der Waals surface area (Å²) in [4.78, 5) is 0. The molecule has 0 unspecified atom stereocenters. The highest BCUT2D eigenvalue weighted by Gasteiger charge is 2.06. The first-order valence-corrected chi connectivity index (χ1v) is 5.79. The molecule has 84 valence electrons. The van der Waals surface area contributed by atoms with Gasteiger partial charge < -0.3 is 5.43 Å². The molecular weight excluding hydrogens is 184 g/mol. The van der Waals surface area contributed by atoms with Gasteiger partial charge in [0, 0.05) is 0 Å². The van der Waals surface area contributed by atoms with Crippen molar-refractivity contribution in [2.45, 2.75) is 34.1 Å². The lowest BCUT2D eigenvalue weighted by molar-refractivity contribution is 0.793. The minimum atomic E-state index is 0.865. The third-order valence-corrected chi connectivity index (χ3v) is 1.85. The first kappa shape index (κ1) is 13.7. The summed E-state index contributed by atoms with van der Waals surface area (Å²) in [6, 6.07) is 0. The van der Waals surface area contributed by atoms with Crippen LogP contribution in [0.4, 0.5) is 0 Å². The molecule has 2 rings (SSSR count). The van der Waals surface area contributed by atoms with Crippen molar-refractivity contribution in [3.8, 4) is 0 Å². The van der Waals surface area contributed by atoms with Gasteiger partial charge >= 0.3 is 0 Å². The van der Waals surface area contributed by atoms with E-state index in [0.717, 1.165) is 13.0 Å². The molecule has 0 spiro atoms. The Hall–Kier alpha value is -1.31. The van der Waals surface area contributed by atoms with Gasteiger partial charge in [-0.3, -0.25) is 0 Å². The summed E-state index contributed by atoms with van der Waals surface area (Å²) in [6.45, 7) is 8.87. The number of nitrogens with one attached hydrogen (secondary N) is 1. The van der Waals surface area contributed by atoms with Gasteiger partial charge in [-0.2, -0.15) is 5.10 Å². The Balaban J connectivity index is 0.000000442. The molecule has 0 aromatic heterocycles. The zero-order valence-electron chi connectivity index (χ0n) is 10.2. The Morgan fingerprint density at radius 1 is 1.20 bits per heavy atom. The van der Waals surface area contributed by atoms with E-state index in [0.29, 0.717) is 0 Å². The number of rotatable bonds is 0. The topological polar surface area (TPSA) is 24.4 Å². The fraction of sp³-hybridized carbons (Fsp3) is 0.462. The van der Waals surface area contributed by atoms with Gasteiger partial charge in [-0.05, 0) is 17.6 Å². The first-order chi connectivity index (χ1) is 7.47. The van der Waals surface area contributed by atoms with E-state index in [4.69, 9.17) is 0 Å². The third-order valence-electron chi connectivity index (χ3n) is 1.85. The van der Waals surface area contributed by atoms with Crippen molar-refractivity contribution >= 4 is 6.21 Å². The van der Waals surface area contributed by atoms with Crippen molar-refractivity contribution in [3.63, 3.8) is 0 Å². The van der Waals surface area contributed by atoms with Crippen LogP contribution in [0.3, 0.4) is 0 Å². The molecule has 0 radical (unpaired) electrons. The van der Waals surface area contributed by atoms with Crippen LogP contribution in [0.25, 0.3) is 0 Å². The molecule has 1 aliphatic heterocycles. The highest BCUT2D eigenvalue weighted by Crippen LogP contribution is 2.14. The summed E-state index contributed by atoms with van der Waals surface area (Å²) < 4.78 is 0. The van der Waals surface area contributed by atoms with Crippen LogP contribution < -0.4 is 5.43 Å². The lowest BCUT2D eigenvalue weighted by atomic mass is 10.1. The molecule has 1 heterocycles. The maximum Gasteiger partial charge on any atom is 0.0583 e. The van der Waals surface area contributed by atoms with E-state index in [1.54, 1.807) is 0 Å². The van der Waals surface area contributed by atoms with E-state index in [9.17, 15) is 0 Å². The maximum atomic E-state index is 3.99. The van der Waals surface area contributed by atoms with E-state index in [1.807, 2.05) is 33.9 Å². The Morgan fingerprint density at radius 2 is 1.93 bits per heavy atom. The fourth-order valence-electron chi connectivity index (χ4n) is 1.23. The minimum absolute atomic E-state index is 0.865. The number of hydrogen-bond acceptors (Lipinski definition) is 2. The predicted octanol–water partition coefficient (Wildman–Crippen LogP) is 3.44. The second kappa shape index (κ2) is 9.25. The number of nitrogens with zero attached hydrogens (tertiary/aromatic N) is 1. The van der Waals surface area contributed by atoms with Gasteiger partial charge in [0.15, 0.2) is 0 Å². The molecule has 0 saturated heterocycles. The molecule has 0 saturated carbocycles. The molecule has 1 aliphatic carbocycles. The molecule has 0 fully saturated rings. The van der Waals surface area contributed by atoms with Crippen LogP contribution in [0.1, 0.15) is 34.1 Å². The molecule has 15 heavy (non-hydrogen) atoms. The van der Waals surface area contributed by atoms with Gasteiger partial charge in [0.1, 0.15) is 0 Å².